The summed E-state index contributed by atoms with van der Waals surface area (Å²) in [6.07, 6.45) is 0. The Bertz CT molecular complexity index is 837. The Balaban J connectivity index is 2.25. The lowest BCUT2D eigenvalue weighted by Gasteiger charge is -2.06. The second-order valence-corrected chi connectivity index (χ2v) is 5.10. The van der Waals surface area contributed by atoms with Gasteiger partial charge >= 0.3 is 0 Å². The number of imidazole rings is 1. The standard InChI is InChI=1S/C16H15F2N3/c1-9-5-11(13(18)7-12(9)17)16-20-14-6-10(8-19)3-4-15(14)21(16)2/h3-7H,8,19H2,1-2H3. The van der Waals surface area contributed by atoms with Crippen LogP contribution in [0.25, 0.3) is 22.4 Å². The first-order chi connectivity index (χ1) is 10.0. The van der Waals surface area contributed by atoms with Gasteiger partial charge in [0.2, 0.25) is 0 Å². The molecule has 0 saturated carbocycles. The van der Waals surface area contributed by atoms with Gasteiger partial charge < -0.3 is 10.3 Å². The van der Waals surface area contributed by atoms with E-state index >= 15 is 0 Å². The van der Waals surface area contributed by atoms with Crippen LogP contribution in [-0.2, 0) is 13.6 Å². The summed E-state index contributed by atoms with van der Waals surface area (Å²) in [7, 11) is 1.81. The van der Waals surface area contributed by atoms with Crippen LogP contribution in [0, 0.1) is 18.6 Å². The number of rotatable bonds is 2. The van der Waals surface area contributed by atoms with E-state index in [-0.39, 0.29) is 0 Å². The fourth-order valence-corrected chi connectivity index (χ4v) is 2.44. The van der Waals surface area contributed by atoms with Crippen molar-refractivity contribution < 1.29 is 8.78 Å². The molecule has 0 radical (unpaired) electrons. The number of hydrogen-bond acceptors (Lipinski definition) is 2. The molecule has 0 aliphatic carbocycles. The SMILES string of the molecule is Cc1cc(-c2nc3cc(CN)ccc3n2C)c(F)cc1F. The molecule has 0 spiro atoms. The molecule has 3 rings (SSSR count). The van der Waals surface area contributed by atoms with Crippen LogP contribution in [0.5, 0.6) is 0 Å². The van der Waals surface area contributed by atoms with Crippen LogP contribution in [0.4, 0.5) is 8.78 Å². The third-order valence-corrected chi connectivity index (χ3v) is 3.67. The molecule has 5 heteroatoms. The van der Waals surface area contributed by atoms with Gasteiger partial charge in [0.05, 0.1) is 16.6 Å². The summed E-state index contributed by atoms with van der Waals surface area (Å²) in [5.74, 6) is -0.698. The Kier molecular flexibility index (Phi) is 3.22. The fourth-order valence-electron chi connectivity index (χ4n) is 2.44. The number of halogens is 2. The predicted octanol–water partition coefficient (Wildman–Crippen LogP) is 3.29. The highest BCUT2D eigenvalue weighted by Gasteiger charge is 2.16. The zero-order chi connectivity index (χ0) is 15.1. The molecule has 1 heterocycles. The number of nitrogens with two attached hydrogens (primary N) is 1. The highest BCUT2D eigenvalue weighted by Crippen LogP contribution is 2.28. The lowest BCUT2D eigenvalue weighted by molar-refractivity contribution is 0.578. The van der Waals surface area contributed by atoms with Gasteiger partial charge in [0.15, 0.2) is 0 Å². The Morgan fingerprint density at radius 3 is 2.62 bits per heavy atom. The van der Waals surface area contributed by atoms with Crippen molar-refractivity contribution in [2.45, 2.75) is 13.5 Å². The van der Waals surface area contributed by atoms with E-state index in [1.165, 1.54) is 6.07 Å². The van der Waals surface area contributed by atoms with E-state index in [9.17, 15) is 8.78 Å². The average Bonchev–Trinajstić information content (AvgIpc) is 2.79. The van der Waals surface area contributed by atoms with Gasteiger partial charge in [-0.25, -0.2) is 13.8 Å². The van der Waals surface area contributed by atoms with E-state index in [0.29, 0.717) is 23.5 Å². The number of benzene rings is 2. The zero-order valence-corrected chi connectivity index (χ0v) is 11.8. The zero-order valence-electron chi connectivity index (χ0n) is 11.8. The molecule has 0 fully saturated rings. The van der Waals surface area contributed by atoms with E-state index in [4.69, 9.17) is 5.73 Å². The highest BCUT2D eigenvalue weighted by molar-refractivity contribution is 5.81. The Labute approximate surface area is 121 Å². The first kappa shape index (κ1) is 13.7. The minimum Gasteiger partial charge on any atom is -0.327 e. The highest BCUT2D eigenvalue weighted by atomic mass is 19.1. The molecule has 3 aromatic rings. The quantitative estimate of drug-likeness (QED) is 0.786. The predicted molar refractivity (Wildman–Crippen MR) is 78.7 cm³/mol. The summed E-state index contributed by atoms with van der Waals surface area (Å²) >= 11 is 0. The lowest BCUT2D eigenvalue weighted by Crippen LogP contribution is -1.97. The molecule has 0 saturated heterocycles. The maximum Gasteiger partial charge on any atom is 0.143 e. The largest absolute Gasteiger partial charge is 0.327 e. The van der Waals surface area contributed by atoms with Crippen molar-refractivity contribution in [2.75, 3.05) is 0 Å². The first-order valence-electron chi connectivity index (χ1n) is 6.62. The van der Waals surface area contributed by atoms with Crippen molar-refractivity contribution >= 4 is 11.0 Å². The van der Waals surface area contributed by atoms with Gasteiger partial charge in [-0.15, -0.1) is 0 Å². The molecule has 1 aromatic heterocycles. The van der Waals surface area contributed by atoms with Gasteiger partial charge in [-0.2, -0.15) is 0 Å². The number of hydrogen-bond donors (Lipinski definition) is 1. The minimum absolute atomic E-state index is 0.293. The molecule has 0 aliphatic rings. The second kappa shape index (κ2) is 4.93. The summed E-state index contributed by atoms with van der Waals surface area (Å²) < 4.78 is 29.3. The Hall–Kier alpha value is -2.27. The molecule has 2 N–H and O–H groups in total. The number of aromatic nitrogens is 2. The summed E-state index contributed by atoms with van der Waals surface area (Å²) in [6, 6.07) is 8.08. The summed E-state index contributed by atoms with van der Waals surface area (Å²) in [6.45, 7) is 2.03. The first-order valence-corrected chi connectivity index (χ1v) is 6.62. The van der Waals surface area contributed by atoms with E-state index in [1.807, 2.05) is 25.2 Å². The fraction of sp³-hybridized carbons (Fsp3) is 0.188. The molecule has 3 nitrogen and oxygen atoms in total. The molecular formula is C16H15F2N3. The van der Waals surface area contributed by atoms with Gasteiger partial charge in [0, 0.05) is 19.7 Å². The summed E-state index contributed by atoms with van der Waals surface area (Å²) in [5, 5.41) is 0. The third kappa shape index (κ3) is 2.19. The van der Waals surface area contributed by atoms with Crippen LogP contribution in [0.3, 0.4) is 0 Å². The van der Waals surface area contributed by atoms with E-state index in [1.54, 1.807) is 11.5 Å². The average molecular weight is 287 g/mol. The topological polar surface area (TPSA) is 43.8 Å². The smallest absolute Gasteiger partial charge is 0.143 e. The van der Waals surface area contributed by atoms with Crippen LogP contribution in [0.2, 0.25) is 0 Å². The van der Waals surface area contributed by atoms with Crippen molar-refractivity contribution in [3.63, 3.8) is 0 Å². The molecule has 108 valence electrons. The number of nitrogens with zero attached hydrogens (tertiary/aromatic N) is 2. The van der Waals surface area contributed by atoms with E-state index < -0.39 is 11.6 Å². The van der Waals surface area contributed by atoms with E-state index in [0.717, 1.165) is 22.7 Å². The normalized spacial score (nSPS) is 11.3. The van der Waals surface area contributed by atoms with Crippen molar-refractivity contribution in [3.05, 3.63) is 53.1 Å². The van der Waals surface area contributed by atoms with Gasteiger partial charge in [0.1, 0.15) is 17.5 Å². The second-order valence-electron chi connectivity index (χ2n) is 5.10. The van der Waals surface area contributed by atoms with Crippen LogP contribution < -0.4 is 5.73 Å². The summed E-state index contributed by atoms with van der Waals surface area (Å²) in [4.78, 5) is 4.47. The van der Waals surface area contributed by atoms with Crippen molar-refractivity contribution in [1.82, 2.24) is 9.55 Å². The van der Waals surface area contributed by atoms with Crippen molar-refractivity contribution in [3.8, 4) is 11.4 Å². The lowest BCUT2D eigenvalue weighted by atomic mass is 10.1. The Morgan fingerprint density at radius 1 is 1.14 bits per heavy atom. The third-order valence-electron chi connectivity index (χ3n) is 3.67. The molecule has 0 bridgehead atoms. The molecular weight excluding hydrogens is 272 g/mol. The van der Waals surface area contributed by atoms with Crippen molar-refractivity contribution in [1.29, 1.82) is 0 Å². The van der Waals surface area contributed by atoms with Crippen molar-refractivity contribution in [2.24, 2.45) is 12.8 Å². The van der Waals surface area contributed by atoms with Gasteiger partial charge in [-0.05, 0) is 36.2 Å². The maximum absolute atomic E-state index is 14.1. The van der Waals surface area contributed by atoms with Crippen LogP contribution in [-0.4, -0.2) is 9.55 Å². The molecule has 21 heavy (non-hydrogen) atoms. The van der Waals surface area contributed by atoms with Gasteiger partial charge in [-0.3, -0.25) is 0 Å². The molecule has 0 aliphatic heterocycles. The molecule has 0 unspecified atom stereocenters. The molecule has 0 amide bonds. The van der Waals surface area contributed by atoms with Crippen LogP contribution in [0.15, 0.2) is 30.3 Å². The van der Waals surface area contributed by atoms with Crippen LogP contribution in [0.1, 0.15) is 11.1 Å². The Morgan fingerprint density at radius 2 is 1.90 bits per heavy atom. The van der Waals surface area contributed by atoms with E-state index in [2.05, 4.69) is 4.98 Å². The van der Waals surface area contributed by atoms with Crippen LogP contribution >= 0.6 is 0 Å². The van der Waals surface area contributed by atoms with Gasteiger partial charge in [0.25, 0.3) is 0 Å². The molecule has 0 atom stereocenters. The maximum atomic E-state index is 14.1. The monoisotopic (exact) mass is 287 g/mol. The minimum atomic E-state index is -0.615. The molecule has 2 aromatic carbocycles. The number of fused-ring (bicyclic) bond motifs is 1. The number of aryl methyl sites for hydroxylation is 2. The summed E-state index contributed by atoms with van der Waals surface area (Å²) in [5.41, 5.74) is 8.89. The van der Waals surface area contributed by atoms with Gasteiger partial charge in [-0.1, -0.05) is 6.07 Å².